The Balaban J connectivity index is 1.88. The molecule has 1 heterocycles. The summed E-state index contributed by atoms with van der Waals surface area (Å²) in [5.74, 6) is -0.0523. The Morgan fingerprint density at radius 2 is 1.74 bits per heavy atom. The van der Waals surface area contributed by atoms with Gasteiger partial charge >= 0.3 is 0 Å². The third-order valence-corrected chi connectivity index (χ3v) is 4.80. The van der Waals surface area contributed by atoms with E-state index in [4.69, 9.17) is 0 Å². The Labute approximate surface area is 140 Å². The zero-order valence-electron chi connectivity index (χ0n) is 13.0. The standard InChI is InChI=1S/C20H19NOS/c1-2-15-10-12-16(13-11-15)19(18-9-6-14-23-18)21-20(22)17-7-4-3-5-8-17/h3-14,19H,2H2,1H3,(H,21,22)/t19-/m0/s1. The van der Waals surface area contributed by atoms with Gasteiger partial charge in [0, 0.05) is 10.4 Å². The van der Waals surface area contributed by atoms with Crippen molar-refractivity contribution < 1.29 is 4.79 Å². The number of nitrogens with one attached hydrogen (secondary N) is 1. The number of rotatable bonds is 5. The van der Waals surface area contributed by atoms with E-state index < -0.39 is 0 Å². The molecular weight excluding hydrogens is 302 g/mol. The third-order valence-electron chi connectivity index (χ3n) is 3.86. The van der Waals surface area contributed by atoms with Crippen molar-refractivity contribution in [3.63, 3.8) is 0 Å². The first-order valence-corrected chi connectivity index (χ1v) is 8.64. The lowest BCUT2D eigenvalue weighted by molar-refractivity contribution is 0.0943. The Hall–Kier alpha value is -2.39. The Kier molecular flexibility index (Phi) is 4.89. The van der Waals surface area contributed by atoms with Gasteiger partial charge in [0.2, 0.25) is 0 Å². The topological polar surface area (TPSA) is 29.1 Å². The van der Waals surface area contributed by atoms with E-state index in [1.54, 1.807) is 11.3 Å². The van der Waals surface area contributed by atoms with Gasteiger partial charge in [-0.05, 0) is 41.1 Å². The first-order valence-electron chi connectivity index (χ1n) is 7.76. The van der Waals surface area contributed by atoms with E-state index in [9.17, 15) is 4.79 Å². The highest BCUT2D eigenvalue weighted by Gasteiger charge is 2.18. The first kappa shape index (κ1) is 15.5. The van der Waals surface area contributed by atoms with Crippen molar-refractivity contribution in [2.24, 2.45) is 0 Å². The number of hydrogen-bond donors (Lipinski definition) is 1. The number of benzene rings is 2. The van der Waals surface area contributed by atoms with Gasteiger partial charge in [0.05, 0.1) is 6.04 Å². The number of hydrogen-bond acceptors (Lipinski definition) is 2. The Morgan fingerprint density at radius 1 is 1.00 bits per heavy atom. The number of amides is 1. The minimum atomic E-state index is -0.117. The molecule has 0 aliphatic rings. The van der Waals surface area contributed by atoms with Crippen LogP contribution in [0.15, 0.2) is 72.1 Å². The van der Waals surface area contributed by atoms with Crippen LogP contribution in [0.25, 0.3) is 0 Å². The summed E-state index contributed by atoms with van der Waals surface area (Å²) in [6.45, 7) is 2.14. The molecule has 0 bridgehead atoms. The summed E-state index contributed by atoms with van der Waals surface area (Å²) in [6.07, 6.45) is 1.01. The van der Waals surface area contributed by atoms with Gasteiger partial charge in [-0.3, -0.25) is 4.79 Å². The molecule has 3 heteroatoms. The maximum atomic E-state index is 12.5. The van der Waals surface area contributed by atoms with E-state index in [2.05, 4.69) is 42.6 Å². The van der Waals surface area contributed by atoms with E-state index in [1.165, 1.54) is 5.56 Å². The molecule has 3 rings (SSSR count). The maximum absolute atomic E-state index is 12.5. The van der Waals surface area contributed by atoms with Crippen molar-refractivity contribution in [3.05, 3.63) is 93.7 Å². The summed E-state index contributed by atoms with van der Waals surface area (Å²) < 4.78 is 0. The van der Waals surface area contributed by atoms with Crippen molar-refractivity contribution in [3.8, 4) is 0 Å². The second kappa shape index (κ2) is 7.25. The fraction of sp³-hybridized carbons (Fsp3) is 0.150. The molecule has 2 aromatic carbocycles. The maximum Gasteiger partial charge on any atom is 0.252 e. The normalized spacial score (nSPS) is 11.9. The third kappa shape index (κ3) is 3.69. The molecule has 2 nitrogen and oxygen atoms in total. The molecule has 0 radical (unpaired) electrons. The number of carbonyl (C=O) groups excluding carboxylic acids is 1. The van der Waals surface area contributed by atoms with Crippen LogP contribution in [0.4, 0.5) is 0 Å². The fourth-order valence-electron chi connectivity index (χ4n) is 2.52. The van der Waals surface area contributed by atoms with Crippen molar-refractivity contribution in [2.75, 3.05) is 0 Å². The average molecular weight is 321 g/mol. The van der Waals surface area contributed by atoms with E-state index in [1.807, 2.05) is 41.8 Å². The zero-order chi connectivity index (χ0) is 16.1. The lowest BCUT2D eigenvalue weighted by atomic mass is 10.0. The molecule has 1 amide bonds. The number of thiophene rings is 1. The molecule has 0 saturated heterocycles. The average Bonchev–Trinajstić information content (AvgIpc) is 3.15. The molecule has 0 aliphatic heterocycles. The van der Waals surface area contributed by atoms with Crippen molar-refractivity contribution in [1.82, 2.24) is 5.32 Å². The SMILES string of the molecule is CCc1ccc([C@H](NC(=O)c2ccccc2)c2cccs2)cc1. The van der Waals surface area contributed by atoms with Crippen LogP contribution in [0, 0.1) is 0 Å². The van der Waals surface area contributed by atoms with Crippen LogP contribution in [0.2, 0.25) is 0 Å². The summed E-state index contributed by atoms with van der Waals surface area (Å²) in [5, 5.41) is 5.20. The van der Waals surface area contributed by atoms with Crippen molar-refractivity contribution >= 4 is 17.2 Å². The molecule has 3 aromatic rings. The lowest BCUT2D eigenvalue weighted by Crippen LogP contribution is -2.28. The molecule has 1 aromatic heterocycles. The monoisotopic (exact) mass is 321 g/mol. The molecule has 0 spiro atoms. The van der Waals surface area contributed by atoms with Gasteiger partial charge in [0.15, 0.2) is 0 Å². The minimum absolute atomic E-state index is 0.0523. The molecule has 0 fully saturated rings. The summed E-state index contributed by atoms with van der Waals surface area (Å²) in [7, 11) is 0. The van der Waals surface area contributed by atoms with E-state index in [0.717, 1.165) is 16.9 Å². The molecule has 1 N–H and O–H groups in total. The predicted molar refractivity (Wildman–Crippen MR) is 95.9 cm³/mol. The number of carbonyl (C=O) groups is 1. The summed E-state index contributed by atoms with van der Waals surface area (Å²) >= 11 is 1.66. The van der Waals surface area contributed by atoms with Gasteiger partial charge in [-0.2, -0.15) is 0 Å². The van der Waals surface area contributed by atoms with Crippen molar-refractivity contribution in [2.45, 2.75) is 19.4 Å². The smallest absolute Gasteiger partial charge is 0.252 e. The highest BCUT2D eigenvalue weighted by atomic mass is 32.1. The number of aryl methyl sites for hydroxylation is 1. The summed E-state index contributed by atoms with van der Waals surface area (Å²) in [4.78, 5) is 13.7. The van der Waals surface area contributed by atoms with Gasteiger partial charge < -0.3 is 5.32 Å². The van der Waals surface area contributed by atoms with E-state index >= 15 is 0 Å². The molecular formula is C20H19NOS. The highest BCUT2D eigenvalue weighted by molar-refractivity contribution is 7.10. The van der Waals surface area contributed by atoms with E-state index in [-0.39, 0.29) is 11.9 Å². The first-order chi connectivity index (χ1) is 11.3. The molecule has 0 aliphatic carbocycles. The zero-order valence-corrected chi connectivity index (χ0v) is 13.8. The molecule has 1 atom stereocenters. The minimum Gasteiger partial charge on any atom is -0.340 e. The second-order valence-corrected chi connectivity index (χ2v) is 6.36. The predicted octanol–water partition coefficient (Wildman–Crippen LogP) is 4.83. The van der Waals surface area contributed by atoms with Crippen LogP contribution in [0.3, 0.4) is 0 Å². The van der Waals surface area contributed by atoms with Crippen LogP contribution in [-0.2, 0) is 6.42 Å². The Morgan fingerprint density at radius 3 is 2.35 bits per heavy atom. The fourth-order valence-corrected chi connectivity index (χ4v) is 3.33. The molecule has 23 heavy (non-hydrogen) atoms. The van der Waals surface area contributed by atoms with Gasteiger partial charge in [-0.25, -0.2) is 0 Å². The molecule has 116 valence electrons. The van der Waals surface area contributed by atoms with Crippen LogP contribution >= 0.6 is 11.3 Å². The lowest BCUT2D eigenvalue weighted by Gasteiger charge is -2.18. The summed E-state index contributed by atoms with van der Waals surface area (Å²) in [5.41, 5.74) is 3.08. The van der Waals surface area contributed by atoms with Crippen molar-refractivity contribution in [1.29, 1.82) is 0 Å². The molecule has 0 saturated carbocycles. The van der Waals surface area contributed by atoms with E-state index in [0.29, 0.717) is 5.56 Å². The van der Waals surface area contributed by atoms with Crippen LogP contribution in [0.1, 0.15) is 39.3 Å². The van der Waals surface area contributed by atoms with Gasteiger partial charge in [-0.1, -0.05) is 55.5 Å². The molecule has 0 unspecified atom stereocenters. The van der Waals surface area contributed by atoms with Gasteiger partial charge in [-0.15, -0.1) is 11.3 Å². The van der Waals surface area contributed by atoms with Crippen LogP contribution in [0.5, 0.6) is 0 Å². The highest BCUT2D eigenvalue weighted by Crippen LogP contribution is 2.26. The van der Waals surface area contributed by atoms with Gasteiger partial charge in [0.25, 0.3) is 5.91 Å². The van der Waals surface area contributed by atoms with Crippen LogP contribution in [-0.4, -0.2) is 5.91 Å². The quantitative estimate of drug-likeness (QED) is 0.716. The largest absolute Gasteiger partial charge is 0.340 e. The second-order valence-electron chi connectivity index (χ2n) is 5.38. The Bertz CT molecular complexity index is 748. The van der Waals surface area contributed by atoms with Crippen LogP contribution < -0.4 is 5.32 Å². The summed E-state index contributed by atoms with van der Waals surface area (Å²) in [6, 6.07) is 21.8. The van der Waals surface area contributed by atoms with Gasteiger partial charge in [0.1, 0.15) is 0 Å².